The summed E-state index contributed by atoms with van der Waals surface area (Å²) < 4.78 is 5.51. The van der Waals surface area contributed by atoms with E-state index in [1.165, 1.54) is 51.7 Å². The lowest BCUT2D eigenvalue weighted by molar-refractivity contribution is 0.130. The maximum atomic E-state index is 5.51. The standard InChI is InChI=1S/C13H26N2O/c1-2-8-15(13-6-9-16-11-13)10-12-5-3-4-7-14-12/h12-14H,2-11H2,1H3. The fourth-order valence-electron chi connectivity index (χ4n) is 2.88. The number of piperidine rings is 1. The van der Waals surface area contributed by atoms with Crippen molar-refractivity contribution in [3.63, 3.8) is 0 Å². The largest absolute Gasteiger partial charge is 0.380 e. The van der Waals surface area contributed by atoms with E-state index in [2.05, 4.69) is 17.1 Å². The van der Waals surface area contributed by atoms with Crippen molar-refractivity contribution in [3.8, 4) is 0 Å². The summed E-state index contributed by atoms with van der Waals surface area (Å²) in [7, 11) is 0. The molecule has 0 radical (unpaired) electrons. The minimum Gasteiger partial charge on any atom is -0.380 e. The van der Waals surface area contributed by atoms with Gasteiger partial charge in [-0.3, -0.25) is 4.90 Å². The zero-order valence-electron chi connectivity index (χ0n) is 10.6. The molecule has 3 nitrogen and oxygen atoms in total. The Kier molecular flexibility index (Phi) is 5.07. The monoisotopic (exact) mass is 226 g/mol. The van der Waals surface area contributed by atoms with Gasteiger partial charge in [-0.05, 0) is 38.8 Å². The molecule has 0 aromatic heterocycles. The van der Waals surface area contributed by atoms with Crippen LogP contribution in [0.1, 0.15) is 39.0 Å². The van der Waals surface area contributed by atoms with Gasteiger partial charge in [-0.2, -0.15) is 0 Å². The van der Waals surface area contributed by atoms with Gasteiger partial charge in [-0.25, -0.2) is 0 Å². The Bertz CT molecular complexity index is 186. The molecular weight excluding hydrogens is 200 g/mol. The summed E-state index contributed by atoms with van der Waals surface area (Å²) in [5.41, 5.74) is 0. The first-order valence-corrected chi connectivity index (χ1v) is 6.95. The highest BCUT2D eigenvalue weighted by Gasteiger charge is 2.25. The van der Waals surface area contributed by atoms with E-state index >= 15 is 0 Å². The zero-order chi connectivity index (χ0) is 11.2. The molecular formula is C13H26N2O. The number of ether oxygens (including phenoxy) is 1. The molecule has 2 saturated heterocycles. The Balaban J connectivity index is 1.80. The van der Waals surface area contributed by atoms with E-state index < -0.39 is 0 Å². The average Bonchev–Trinajstić information content (AvgIpc) is 2.83. The van der Waals surface area contributed by atoms with Gasteiger partial charge in [0.15, 0.2) is 0 Å². The molecule has 0 bridgehead atoms. The first-order valence-electron chi connectivity index (χ1n) is 6.95. The van der Waals surface area contributed by atoms with Crippen LogP contribution in [-0.4, -0.2) is 49.8 Å². The van der Waals surface area contributed by atoms with Crippen molar-refractivity contribution in [3.05, 3.63) is 0 Å². The second kappa shape index (κ2) is 6.58. The first kappa shape index (κ1) is 12.3. The van der Waals surface area contributed by atoms with Gasteiger partial charge in [0.2, 0.25) is 0 Å². The lowest BCUT2D eigenvalue weighted by atomic mass is 10.0. The Morgan fingerprint density at radius 2 is 2.25 bits per heavy atom. The molecule has 1 N–H and O–H groups in total. The Morgan fingerprint density at radius 1 is 1.31 bits per heavy atom. The summed E-state index contributed by atoms with van der Waals surface area (Å²) in [5, 5.41) is 3.65. The molecule has 0 saturated carbocycles. The molecule has 2 heterocycles. The predicted molar refractivity (Wildman–Crippen MR) is 66.7 cm³/mol. The van der Waals surface area contributed by atoms with Gasteiger partial charge in [-0.15, -0.1) is 0 Å². The number of hydrogen-bond donors (Lipinski definition) is 1. The summed E-state index contributed by atoms with van der Waals surface area (Å²) in [6.07, 6.45) is 6.60. The second-order valence-corrected chi connectivity index (χ2v) is 5.16. The van der Waals surface area contributed by atoms with E-state index in [4.69, 9.17) is 4.74 Å². The van der Waals surface area contributed by atoms with E-state index in [0.29, 0.717) is 6.04 Å². The number of nitrogens with zero attached hydrogens (tertiary/aromatic N) is 1. The summed E-state index contributed by atoms with van der Waals surface area (Å²) in [4.78, 5) is 2.65. The molecule has 0 aliphatic carbocycles. The number of rotatable bonds is 5. The van der Waals surface area contributed by atoms with Crippen molar-refractivity contribution < 1.29 is 4.74 Å². The van der Waals surface area contributed by atoms with Crippen LogP contribution in [0, 0.1) is 0 Å². The molecule has 0 spiro atoms. The molecule has 2 atom stereocenters. The number of hydrogen-bond acceptors (Lipinski definition) is 3. The molecule has 2 rings (SSSR count). The molecule has 0 aromatic carbocycles. The third-order valence-electron chi connectivity index (χ3n) is 3.80. The fraction of sp³-hybridized carbons (Fsp3) is 1.00. The molecule has 2 unspecified atom stereocenters. The smallest absolute Gasteiger partial charge is 0.0622 e. The molecule has 2 aliphatic rings. The molecule has 94 valence electrons. The van der Waals surface area contributed by atoms with Gasteiger partial charge in [0.25, 0.3) is 0 Å². The van der Waals surface area contributed by atoms with Gasteiger partial charge >= 0.3 is 0 Å². The Morgan fingerprint density at radius 3 is 2.88 bits per heavy atom. The molecule has 2 fully saturated rings. The second-order valence-electron chi connectivity index (χ2n) is 5.16. The van der Waals surface area contributed by atoms with Crippen molar-refractivity contribution in [2.45, 2.75) is 51.1 Å². The maximum Gasteiger partial charge on any atom is 0.0622 e. The SMILES string of the molecule is CCCN(CC1CCCCN1)C1CCOC1. The van der Waals surface area contributed by atoms with Crippen LogP contribution in [0.5, 0.6) is 0 Å². The summed E-state index contributed by atoms with van der Waals surface area (Å²) in [5.74, 6) is 0. The molecule has 2 aliphatic heterocycles. The molecule has 16 heavy (non-hydrogen) atoms. The van der Waals surface area contributed by atoms with Crippen LogP contribution in [0.2, 0.25) is 0 Å². The van der Waals surface area contributed by atoms with Gasteiger partial charge in [0.1, 0.15) is 0 Å². The summed E-state index contributed by atoms with van der Waals surface area (Å²) in [6, 6.07) is 1.41. The van der Waals surface area contributed by atoms with Crippen molar-refractivity contribution in [2.75, 3.05) is 32.8 Å². The third-order valence-corrected chi connectivity index (χ3v) is 3.80. The van der Waals surface area contributed by atoms with Crippen LogP contribution >= 0.6 is 0 Å². The van der Waals surface area contributed by atoms with Crippen LogP contribution < -0.4 is 5.32 Å². The first-order chi connectivity index (χ1) is 7.90. The van der Waals surface area contributed by atoms with Crippen LogP contribution in [0.4, 0.5) is 0 Å². The highest BCUT2D eigenvalue weighted by atomic mass is 16.5. The van der Waals surface area contributed by atoms with E-state index in [0.717, 1.165) is 19.3 Å². The molecule has 0 amide bonds. The molecule has 0 aromatic rings. The topological polar surface area (TPSA) is 24.5 Å². The fourth-order valence-corrected chi connectivity index (χ4v) is 2.88. The highest BCUT2D eigenvalue weighted by Crippen LogP contribution is 2.16. The summed E-state index contributed by atoms with van der Waals surface area (Å²) in [6.45, 7) is 7.85. The van der Waals surface area contributed by atoms with E-state index in [9.17, 15) is 0 Å². The summed E-state index contributed by atoms with van der Waals surface area (Å²) >= 11 is 0. The predicted octanol–water partition coefficient (Wildman–Crippen LogP) is 1.63. The normalized spacial score (nSPS) is 31.1. The molecule has 3 heteroatoms. The zero-order valence-corrected chi connectivity index (χ0v) is 10.6. The lowest BCUT2D eigenvalue weighted by Gasteiger charge is -2.33. The number of nitrogens with one attached hydrogen (secondary N) is 1. The van der Waals surface area contributed by atoms with Gasteiger partial charge < -0.3 is 10.1 Å². The van der Waals surface area contributed by atoms with E-state index in [1.54, 1.807) is 0 Å². The van der Waals surface area contributed by atoms with Crippen molar-refractivity contribution in [2.24, 2.45) is 0 Å². The van der Waals surface area contributed by atoms with Gasteiger partial charge in [0.05, 0.1) is 6.61 Å². The van der Waals surface area contributed by atoms with Gasteiger partial charge in [-0.1, -0.05) is 13.3 Å². The quantitative estimate of drug-likeness (QED) is 0.771. The highest BCUT2D eigenvalue weighted by molar-refractivity contribution is 4.81. The van der Waals surface area contributed by atoms with Crippen LogP contribution in [0.3, 0.4) is 0 Å². The minimum absolute atomic E-state index is 0.684. The van der Waals surface area contributed by atoms with Crippen molar-refractivity contribution in [1.29, 1.82) is 0 Å². The van der Waals surface area contributed by atoms with Crippen molar-refractivity contribution in [1.82, 2.24) is 10.2 Å². The third kappa shape index (κ3) is 3.44. The van der Waals surface area contributed by atoms with E-state index in [1.807, 2.05) is 0 Å². The van der Waals surface area contributed by atoms with E-state index in [-0.39, 0.29) is 0 Å². The lowest BCUT2D eigenvalue weighted by Crippen LogP contribution is -2.47. The van der Waals surface area contributed by atoms with Crippen LogP contribution in [0.25, 0.3) is 0 Å². The Hall–Kier alpha value is -0.120. The van der Waals surface area contributed by atoms with Crippen molar-refractivity contribution >= 4 is 0 Å². The Labute approximate surface area is 99.5 Å². The van der Waals surface area contributed by atoms with Crippen LogP contribution in [-0.2, 0) is 4.74 Å². The average molecular weight is 226 g/mol. The maximum absolute atomic E-state index is 5.51. The van der Waals surface area contributed by atoms with Gasteiger partial charge in [0, 0.05) is 25.2 Å². The van der Waals surface area contributed by atoms with Crippen LogP contribution in [0.15, 0.2) is 0 Å². The minimum atomic E-state index is 0.684.